The molecular weight excluding hydrogens is 411 g/mol. The number of aliphatic imine (C=N–C) groups is 1. The molecule has 32 heavy (non-hydrogen) atoms. The minimum atomic E-state index is -0.184. The first kappa shape index (κ1) is 22.4. The average molecular weight is 443 g/mol. The number of nitrogens with one attached hydrogen (secondary N) is 2. The third kappa shape index (κ3) is 6.58. The SMILES string of the molecule is Fc1ccccc1CCNC(=NCCN1CCOCC1)Nc1ccc2c(c1)OCCCO2. The predicted molar refractivity (Wildman–Crippen MR) is 123 cm³/mol. The first-order valence-electron chi connectivity index (χ1n) is 11.3. The van der Waals surface area contributed by atoms with Gasteiger partial charge in [-0.25, -0.2) is 4.39 Å². The van der Waals surface area contributed by atoms with Crippen LogP contribution in [-0.2, 0) is 11.2 Å². The molecule has 0 radical (unpaired) electrons. The molecule has 2 aliphatic rings. The summed E-state index contributed by atoms with van der Waals surface area (Å²) in [6.07, 6.45) is 1.43. The first-order chi connectivity index (χ1) is 15.8. The normalized spacial score (nSPS) is 17.0. The van der Waals surface area contributed by atoms with Crippen LogP contribution in [0.1, 0.15) is 12.0 Å². The van der Waals surface area contributed by atoms with E-state index in [1.165, 1.54) is 6.07 Å². The maximum atomic E-state index is 13.9. The first-order valence-corrected chi connectivity index (χ1v) is 11.3. The molecule has 2 heterocycles. The molecule has 2 aliphatic heterocycles. The molecule has 0 saturated carbocycles. The maximum Gasteiger partial charge on any atom is 0.195 e. The number of hydrogen-bond acceptors (Lipinski definition) is 5. The van der Waals surface area contributed by atoms with Crippen molar-refractivity contribution in [3.8, 4) is 11.5 Å². The molecule has 0 unspecified atom stereocenters. The molecule has 172 valence electrons. The number of fused-ring (bicyclic) bond motifs is 1. The van der Waals surface area contributed by atoms with Crippen molar-refractivity contribution in [1.29, 1.82) is 0 Å². The molecule has 2 N–H and O–H groups in total. The van der Waals surface area contributed by atoms with Crippen LogP contribution in [0.4, 0.5) is 10.1 Å². The molecule has 4 rings (SSSR count). The second-order valence-corrected chi connectivity index (χ2v) is 7.79. The topological polar surface area (TPSA) is 67.4 Å². The zero-order valence-electron chi connectivity index (χ0n) is 18.3. The molecule has 2 aromatic carbocycles. The van der Waals surface area contributed by atoms with Crippen LogP contribution in [0.25, 0.3) is 0 Å². The van der Waals surface area contributed by atoms with Crippen molar-refractivity contribution in [3.63, 3.8) is 0 Å². The van der Waals surface area contributed by atoms with E-state index < -0.39 is 0 Å². The monoisotopic (exact) mass is 442 g/mol. The Labute approximate surface area is 188 Å². The molecule has 1 saturated heterocycles. The molecule has 8 heteroatoms. The Hall–Kier alpha value is -2.84. The quantitative estimate of drug-likeness (QED) is 0.508. The van der Waals surface area contributed by atoms with Crippen LogP contribution in [0.5, 0.6) is 11.5 Å². The highest BCUT2D eigenvalue weighted by Gasteiger charge is 2.12. The molecule has 0 aromatic heterocycles. The molecule has 0 amide bonds. The van der Waals surface area contributed by atoms with Crippen LogP contribution < -0.4 is 20.1 Å². The Morgan fingerprint density at radius 2 is 1.81 bits per heavy atom. The van der Waals surface area contributed by atoms with E-state index in [9.17, 15) is 4.39 Å². The van der Waals surface area contributed by atoms with Gasteiger partial charge in [0.1, 0.15) is 5.82 Å². The van der Waals surface area contributed by atoms with Crippen molar-refractivity contribution >= 4 is 11.6 Å². The summed E-state index contributed by atoms with van der Waals surface area (Å²) in [5.41, 5.74) is 1.54. The number of ether oxygens (including phenoxy) is 3. The number of guanidine groups is 1. The molecular formula is C24H31FN4O3. The zero-order valence-corrected chi connectivity index (χ0v) is 18.3. The van der Waals surface area contributed by atoms with Gasteiger partial charge in [-0.2, -0.15) is 0 Å². The van der Waals surface area contributed by atoms with E-state index in [1.807, 2.05) is 30.3 Å². The summed E-state index contributed by atoms with van der Waals surface area (Å²) in [5, 5.41) is 6.69. The van der Waals surface area contributed by atoms with E-state index in [0.29, 0.717) is 44.2 Å². The lowest BCUT2D eigenvalue weighted by molar-refractivity contribution is 0.0394. The molecule has 0 aliphatic carbocycles. The third-order valence-electron chi connectivity index (χ3n) is 5.44. The number of hydrogen-bond donors (Lipinski definition) is 2. The fourth-order valence-electron chi connectivity index (χ4n) is 3.66. The average Bonchev–Trinajstić information content (AvgIpc) is 3.06. The standard InChI is InChI=1S/C24H31FN4O3/c25-21-5-2-1-4-19(21)8-9-26-24(27-10-11-29-12-16-30-17-13-29)28-20-6-7-22-23(18-20)32-15-3-14-31-22/h1-2,4-7,18H,3,8-17H2,(H2,26,27,28). The number of rotatable bonds is 7. The Balaban J connectivity index is 1.39. The lowest BCUT2D eigenvalue weighted by Gasteiger charge is -2.25. The van der Waals surface area contributed by atoms with Gasteiger partial charge in [-0.05, 0) is 30.2 Å². The van der Waals surface area contributed by atoms with E-state index in [1.54, 1.807) is 6.07 Å². The highest BCUT2D eigenvalue weighted by Crippen LogP contribution is 2.32. The summed E-state index contributed by atoms with van der Waals surface area (Å²) in [6.45, 7) is 6.78. The molecule has 2 aromatic rings. The van der Waals surface area contributed by atoms with Gasteiger partial charge < -0.3 is 24.8 Å². The summed E-state index contributed by atoms with van der Waals surface area (Å²) in [6, 6.07) is 12.6. The fourth-order valence-corrected chi connectivity index (χ4v) is 3.66. The van der Waals surface area contributed by atoms with Crippen molar-refractivity contribution in [2.45, 2.75) is 12.8 Å². The van der Waals surface area contributed by atoms with Crippen LogP contribution in [0.15, 0.2) is 47.5 Å². The molecule has 0 bridgehead atoms. The summed E-state index contributed by atoms with van der Waals surface area (Å²) >= 11 is 0. The molecule has 7 nitrogen and oxygen atoms in total. The largest absolute Gasteiger partial charge is 0.490 e. The zero-order chi connectivity index (χ0) is 22.0. The highest BCUT2D eigenvalue weighted by molar-refractivity contribution is 5.94. The van der Waals surface area contributed by atoms with Gasteiger partial charge in [-0.15, -0.1) is 0 Å². The second-order valence-electron chi connectivity index (χ2n) is 7.79. The van der Waals surface area contributed by atoms with Crippen molar-refractivity contribution < 1.29 is 18.6 Å². The van der Waals surface area contributed by atoms with Crippen molar-refractivity contribution in [2.75, 3.05) is 64.5 Å². The molecule has 0 atom stereocenters. The second kappa shape index (κ2) is 11.7. The number of benzene rings is 2. The minimum absolute atomic E-state index is 0.184. The Morgan fingerprint density at radius 3 is 2.66 bits per heavy atom. The summed E-state index contributed by atoms with van der Waals surface area (Å²) in [4.78, 5) is 7.09. The molecule has 0 spiro atoms. The number of anilines is 1. The van der Waals surface area contributed by atoms with Crippen LogP contribution in [0, 0.1) is 5.82 Å². The van der Waals surface area contributed by atoms with E-state index in [4.69, 9.17) is 19.2 Å². The molecule has 1 fully saturated rings. The van der Waals surface area contributed by atoms with Crippen molar-refractivity contribution in [1.82, 2.24) is 10.2 Å². The van der Waals surface area contributed by atoms with E-state index in [-0.39, 0.29) is 5.82 Å². The van der Waals surface area contributed by atoms with Gasteiger partial charge in [-0.3, -0.25) is 9.89 Å². The third-order valence-corrected chi connectivity index (χ3v) is 5.44. The van der Waals surface area contributed by atoms with Gasteiger partial charge in [0, 0.05) is 44.4 Å². The number of morpholine rings is 1. The van der Waals surface area contributed by atoms with E-state index in [2.05, 4.69) is 15.5 Å². The van der Waals surface area contributed by atoms with E-state index >= 15 is 0 Å². The van der Waals surface area contributed by atoms with Gasteiger partial charge in [0.15, 0.2) is 17.5 Å². The lowest BCUT2D eigenvalue weighted by Crippen LogP contribution is -2.38. The minimum Gasteiger partial charge on any atom is -0.490 e. The number of nitrogens with zero attached hydrogens (tertiary/aromatic N) is 2. The van der Waals surface area contributed by atoms with Crippen LogP contribution in [0.3, 0.4) is 0 Å². The summed E-state index contributed by atoms with van der Waals surface area (Å²) in [7, 11) is 0. The predicted octanol–water partition coefficient (Wildman–Crippen LogP) is 2.92. The fraction of sp³-hybridized carbons (Fsp3) is 0.458. The van der Waals surface area contributed by atoms with Gasteiger partial charge >= 0.3 is 0 Å². The Kier molecular flexibility index (Phi) is 8.17. The van der Waals surface area contributed by atoms with Crippen LogP contribution in [0.2, 0.25) is 0 Å². The maximum absolute atomic E-state index is 13.9. The van der Waals surface area contributed by atoms with Gasteiger partial charge in [0.05, 0.1) is 33.0 Å². The smallest absolute Gasteiger partial charge is 0.195 e. The van der Waals surface area contributed by atoms with Gasteiger partial charge in [0.25, 0.3) is 0 Å². The Morgan fingerprint density at radius 1 is 1.00 bits per heavy atom. The van der Waals surface area contributed by atoms with Gasteiger partial charge in [0.2, 0.25) is 0 Å². The number of halogens is 1. The van der Waals surface area contributed by atoms with Gasteiger partial charge in [-0.1, -0.05) is 18.2 Å². The van der Waals surface area contributed by atoms with Crippen LogP contribution in [-0.4, -0.2) is 70.0 Å². The van der Waals surface area contributed by atoms with Crippen molar-refractivity contribution in [2.24, 2.45) is 4.99 Å². The van der Waals surface area contributed by atoms with E-state index in [0.717, 1.165) is 56.5 Å². The van der Waals surface area contributed by atoms with Crippen LogP contribution >= 0.6 is 0 Å². The van der Waals surface area contributed by atoms with Crippen molar-refractivity contribution in [3.05, 3.63) is 53.8 Å². The lowest BCUT2D eigenvalue weighted by atomic mass is 10.1. The summed E-state index contributed by atoms with van der Waals surface area (Å²) in [5.74, 6) is 1.96. The highest BCUT2D eigenvalue weighted by atomic mass is 19.1. The Bertz CT molecular complexity index is 903. The summed E-state index contributed by atoms with van der Waals surface area (Å²) < 4.78 is 30.9.